The molecule has 152 valence electrons. The largest absolute Gasteiger partial charge is 0.457 e. The van der Waals surface area contributed by atoms with Crippen molar-refractivity contribution in [2.24, 2.45) is 5.73 Å². The Labute approximate surface area is 172 Å². The van der Waals surface area contributed by atoms with Gasteiger partial charge < -0.3 is 10.5 Å². The molecule has 2 amide bonds. The van der Waals surface area contributed by atoms with E-state index in [0.717, 1.165) is 10.3 Å². The maximum atomic E-state index is 12.8. The number of imide groups is 1. The molecule has 8 heteroatoms. The monoisotopic (exact) mass is 405 g/mol. The number of ether oxygens (including phenoxy) is 1. The number of allylic oxidation sites excluding steroid dienone is 1. The van der Waals surface area contributed by atoms with Gasteiger partial charge in [-0.05, 0) is 30.9 Å². The number of hydrogen-bond donors (Lipinski definition) is 1. The van der Waals surface area contributed by atoms with Crippen molar-refractivity contribution in [1.29, 1.82) is 5.26 Å². The number of carbonyl (C=O) groups is 4. The van der Waals surface area contributed by atoms with Crippen LogP contribution < -0.4 is 5.73 Å². The number of amides is 2. The fourth-order valence-corrected chi connectivity index (χ4v) is 3.33. The van der Waals surface area contributed by atoms with Crippen molar-refractivity contribution in [3.05, 3.63) is 58.8 Å². The van der Waals surface area contributed by atoms with Gasteiger partial charge in [0.15, 0.2) is 6.61 Å². The average molecular weight is 405 g/mol. The molecule has 0 saturated carbocycles. The third-order valence-electron chi connectivity index (χ3n) is 4.77. The highest BCUT2D eigenvalue weighted by Gasteiger charge is 2.32. The van der Waals surface area contributed by atoms with Gasteiger partial charge in [-0.25, -0.2) is 0 Å². The number of Topliss-reactive ketones (excluding diaryl/α,β-unsaturated/α-hetero) is 1. The third kappa shape index (κ3) is 3.91. The lowest BCUT2D eigenvalue weighted by Crippen LogP contribution is -2.41. The van der Waals surface area contributed by atoms with Gasteiger partial charge in [-0.1, -0.05) is 24.3 Å². The molecule has 1 aliphatic rings. The predicted molar refractivity (Wildman–Crippen MR) is 107 cm³/mol. The zero-order valence-electron chi connectivity index (χ0n) is 16.3. The van der Waals surface area contributed by atoms with Crippen LogP contribution in [0.5, 0.6) is 0 Å². The molecular formula is C22H19N3O5. The SMILES string of the molecule is C/C(N)=C(\C#N)C(=O)COC(=O)CCCN1C(=O)c2cccc3cccc(c23)C1=O. The van der Waals surface area contributed by atoms with E-state index in [1.165, 1.54) is 6.92 Å². The number of esters is 1. The van der Waals surface area contributed by atoms with Crippen LogP contribution in [-0.2, 0) is 14.3 Å². The van der Waals surface area contributed by atoms with E-state index in [2.05, 4.69) is 0 Å². The average Bonchev–Trinajstić information content (AvgIpc) is 2.73. The molecule has 2 aromatic rings. The van der Waals surface area contributed by atoms with Crippen molar-refractivity contribution >= 4 is 34.3 Å². The summed E-state index contributed by atoms with van der Waals surface area (Å²) in [5, 5.41) is 10.3. The second kappa shape index (κ2) is 8.57. The van der Waals surface area contributed by atoms with Crippen LogP contribution in [0.15, 0.2) is 47.7 Å². The van der Waals surface area contributed by atoms with Crippen molar-refractivity contribution in [2.75, 3.05) is 13.2 Å². The first kappa shape index (κ1) is 20.7. The summed E-state index contributed by atoms with van der Waals surface area (Å²) in [5.74, 6) is -2.17. The molecule has 2 aromatic carbocycles. The Kier molecular flexibility index (Phi) is 5.93. The lowest BCUT2D eigenvalue weighted by atomic mass is 9.94. The minimum absolute atomic E-state index is 0.0384. The lowest BCUT2D eigenvalue weighted by molar-refractivity contribution is -0.147. The van der Waals surface area contributed by atoms with Gasteiger partial charge in [0.05, 0.1) is 0 Å². The van der Waals surface area contributed by atoms with Gasteiger partial charge in [-0.15, -0.1) is 0 Å². The van der Waals surface area contributed by atoms with Crippen LogP contribution >= 0.6 is 0 Å². The van der Waals surface area contributed by atoms with Gasteiger partial charge in [-0.3, -0.25) is 24.1 Å². The first-order chi connectivity index (χ1) is 14.3. The number of hydrogen-bond acceptors (Lipinski definition) is 7. The summed E-state index contributed by atoms with van der Waals surface area (Å²) in [6.07, 6.45) is 0.0862. The normalized spacial score (nSPS) is 13.7. The molecule has 30 heavy (non-hydrogen) atoms. The zero-order chi connectivity index (χ0) is 21.8. The Morgan fingerprint density at radius 3 is 2.23 bits per heavy atom. The van der Waals surface area contributed by atoms with E-state index in [1.54, 1.807) is 30.3 Å². The molecule has 0 aromatic heterocycles. The number of nitriles is 1. The summed E-state index contributed by atoms with van der Waals surface area (Å²) in [6.45, 7) is 0.855. The summed E-state index contributed by atoms with van der Waals surface area (Å²) in [5.41, 5.74) is 6.13. The van der Waals surface area contributed by atoms with Gasteiger partial charge in [0.2, 0.25) is 5.78 Å². The Morgan fingerprint density at radius 1 is 1.10 bits per heavy atom. The molecule has 0 radical (unpaired) electrons. The van der Waals surface area contributed by atoms with Crippen LogP contribution in [0.25, 0.3) is 10.8 Å². The Hall–Kier alpha value is -3.99. The van der Waals surface area contributed by atoms with Crippen LogP contribution in [0, 0.1) is 11.3 Å². The maximum absolute atomic E-state index is 12.8. The van der Waals surface area contributed by atoms with E-state index >= 15 is 0 Å². The summed E-state index contributed by atoms with van der Waals surface area (Å²) in [7, 11) is 0. The van der Waals surface area contributed by atoms with Crippen molar-refractivity contribution in [3.63, 3.8) is 0 Å². The quantitative estimate of drug-likeness (QED) is 0.323. The van der Waals surface area contributed by atoms with Gasteiger partial charge in [0.25, 0.3) is 11.8 Å². The van der Waals surface area contributed by atoms with Gasteiger partial charge in [0, 0.05) is 35.2 Å². The standard InChI is InChI=1S/C22H19N3O5/c1-13(24)17(11-23)18(26)12-30-19(27)9-4-10-25-21(28)15-7-2-5-14-6-3-8-16(20(14)15)22(25)29/h2-3,5-8H,4,9-10,12,24H2,1H3/b17-13-. The number of ketones is 1. The van der Waals surface area contributed by atoms with Crippen LogP contribution in [0.2, 0.25) is 0 Å². The molecule has 8 nitrogen and oxygen atoms in total. The number of rotatable bonds is 7. The predicted octanol–water partition coefficient (Wildman–Crippen LogP) is 2.08. The number of nitrogens with zero attached hydrogens (tertiary/aromatic N) is 2. The Balaban J connectivity index is 1.59. The van der Waals surface area contributed by atoms with E-state index in [9.17, 15) is 19.2 Å². The third-order valence-corrected chi connectivity index (χ3v) is 4.77. The zero-order valence-corrected chi connectivity index (χ0v) is 16.3. The summed E-state index contributed by atoms with van der Waals surface area (Å²) in [6, 6.07) is 12.2. The highest BCUT2D eigenvalue weighted by atomic mass is 16.5. The Bertz CT molecular complexity index is 1090. The van der Waals surface area contributed by atoms with Crippen LogP contribution in [0.3, 0.4) is 0 Å². The highest BCUT2D eigenvalue weighted by Crippen LogP contribution is 2.30. The van der Waals surface area contributed by atoms with Crippen LogP contribution in [-0.4, -0.2) is 41.6 Å². The molecule has 0 unspecified atom stereocenters. The van der Waals surface area contributed by atoms with Gasteiger partial charge in [-0.2, -0.15) is 5.26 Å². The van der Waals surface area contributed by atoms with Crippen LogP contribution in [0.4, 0.5) is 0 Å². The fourth-order valence-electron chi connectivity index (χ4n) is 3.33. The van der Waals surface area contributed by atoms with Crippen molar-refractivity contribution in [3.8, 4) is 6.07 Å². The molecule has 0 atom stereocenters. The molecular weight excluding hydrogens is 386 g/mol. The molecule has 0 bridgehead atoms. The maximum Gasteiger partial charge on any atom is 0.306 e. The topological polar surface area (TPSA) is 131 Å². The van der Waals surface area contributed by atoms with E-state index in [1.807, 2.05) is 12.1 Å². The van der Waals surface area contributed by atoms with Crippen molar-refractivity contribution in [2.45, 2.75) is 19.8 Å². The molecule has 2 N–H and O–H groups in total. The van der Waals surface area contributed by atoms with Gasteiger partial charge >= 0.3 is 5.97 Å². The van der Waals surface area contributed by atoms with Crippen molar-refractivity contribution in [1.82, 2.24) is 4.90 Å². The molecule has 1 aliphatic heterocycles. The second-order valence-corrected chi connectivity index (χ2v) is 6.83. The smallest absolute Gasteiger partial charge is 0.306 e. The first-order valence-electron chi connectivity index (χ1n) is 9.28. The fraction of sp³-hybridized carbons (Fsp3) is 0.227. The molecule has 3 rings (SSSR count). The summed E-state index contributed by atoms with van der Waals surface area (Å²) in [4.78, 5) is 50.4. The minimum Gasteiger partial charge on any atom is -0.457 e. The summed E-state index contributed by atoms with van der Waals surface area (Å²) < 4.78 is 4.87. The minimum atomic E-state index is -0.683. The number of benzene rings is 2. The second-order valence-electron chi connectivity index (χ2n) is 6.83. The molecule has 0 spiro atoms. The molecule has 0 fully saturated rings. The Morgan fingerprint density at radius 2 is 1.70 bits per heavy atom. The lowest BCUT2D eigenvalue weighted by Gasteiger charge is -2.27. The van der Waals surface area contributed by atoms with Crippen LogP contribution in [0.1, 0.15) is 40.5 Å². The number of nitrogens with two attached hydrogens (primary N) is 1. The molecule has 1 heterocycles. The van der Waals surface area contributed by atoms with E-state index in [-0.39, 0.29) is 30.7 Å². The van der Waals surface area contributed by atoms with E-state index in [0.29, 0.717) is 16.5 Å². The van der Waals surface area contributed by atoms with Crippen molar-refractivity contribution < 1.29 is 23.9 Å². The molecule has 0 aliphatic carbocycles. The van der Waals surface area contributed by atoms with E-state index < -0.39 is 30.2 Å². The van der Waals surface area contributed by atoms with Gasteiger partial charge in [0.1, 0.15) is 11.6 Å². The first-order valence-corrected chi connectivity index (χ1v) is 9.28. The summed E-state index contributed by atoms with van der Waals surface area (Å²) >= 11 is 0. The highest BCUT2D eigenvalue weighted by molar-refractivity contribution is 6.25. The molecule has 0 saturated heterocycles. The van der Waals surface area contributed by atoms with E-state index in [4.69, 9.17) is 15.7 Å². The number of carbonyl (C=O) groups excluding carboxylic acids is 4.